The number of carboxylic acid groups (broad SMARTS) is 1. The maximum atomic E-state index is 11.0. The highest BCUT2D eigenvalue weighted by Gasteiger charge is 2.39. The summed E-state index contributed by atoms with van der Waals surface area (Å²) in [5.41, 5.74) is 0. The summed E-state index contributed by atoms with van der Waals surface area (Å²) in [6, 6.07) is 0. The summed E-state index contributed by atoms with van der Waals surface area (Å²) in [5.74, 6) is -4.12. The Hall–Kier alpha value is -1.39. The number of methoxy groups -OCH3 is 1. The van der Waals surface area contributed by atoms with Crippen molar-refractivity contribution in [2.75, 3.05) is 7.11 Å². The number of hydrogen-bond acceptors (Lipinski definition) is 5. The Bertz CT molecular complexity index is 257. The zero-order valence-corrected chi connectivity index (χ0v) is 7.11. The van der Waals surface area contributed by atoms with Gasteiger partial charge in [-0.1, -0.05) is 0 Å². The van der Waals surface area contributed by atoms with Crippen LogP contribution in [-0.2, 0) is 19.1 Å². The van der Waals surface area contributed by atoms with Gasteiger partial charge in [0.1, 0.15) is 5.78 Å². The van der Waals surface area contributed by atoms with E-state index in [4.69, 9.17) is 0 Å². The maximum Gasteiger partial charge on any atom is 0.309 e. The quantitative estimate of drug-likeness (QED) is 0.489. The number of aliphatic carboxylic acids is 1. The van der Waals surface area contributed by atoms with E-state index in [9.17, 15) is 19.5 Å². The number of esters is 1. The SMILES string of the molecule is COC(=O)[C@H]1CC(=O)C[C@H]1C(=O)[O-]. The highest BCUT2D eigenvalue weighted by atomic mass is 16.5. The lowest BCUT2D eigenvalue weighted by Gasteiger charge is -2.16. The molecule has 1 aliphatic carbocycles. The average molecular weight is 185 g/mol. The summed E-state index contributed by atoms with van der Waals surface area (Å²) in [4.78, 5) is 32.4. The molecule has 0 aromatic rings. The normalized spacial score (nSPS) is 27.3. The number of carbonyl (C=O) groups is 3. The minimum atomic E-state index is -1.36. The van der Waals surface area contributed by atoms with Crippen molar-refractivity contribution in [3.63, 3.8) is 0 Å². The molecule has 0 heterocycles. The summed E-state index contributed by atoms with van der Waals surface area (Å²) < 4.78 is 4.38. The summed E-state index contributed by atoms with van der Waals surface area (Å²) in [5, 5.41) is 10.5. The van der Waals surface area contributed by atoms with Gasteiger partial charge in [0.05, 0.1) is 13.0 Å². The van der Waals surface area contributed by atoms with Crippen molar-refractivity contribution in [3.05, 3.63) is 0 Å². The van der Waals surface area contributed by atoms with E-state index >= 15 is 0 Å². The predicted molar refractivity (Wildman–Crippen MR) is 38.2 cm³/mol. The van der Waals surface area contributed by atoms with Crippen molar-refractivity contribution in [2.45, 2.75) is 12.8 Å². The molecule has 0 N–H and O–H groups in total. The molecule has 0 aromatic carbocycles. The Morgan fingerprint density at radius 2 is 1.92 bits per heavy atom. The molecule has 0 aromatic heterocycles. The van der Waals surface area contributed by atoms with E-state index in [-0.39, 0.29) is 18.6 Å². The molecule has 0 amide bonds. The minimum absolute atomic E-state index is 0.0503. The summed E-state index contributed by atoms with van der Waals surface area (Å²) in [6.07, 6.45) is -0.173. The second-order valence-electron chi connectivity index (χ2n) is 3.00. The third kappa shape index (κ3) is 1.85. The van der Waals surface area contributed by atoms with Crippen molar-refractivity contribution < 1.29 is 24.2 Å². The average Bonchev–Trinajstić information content (AvgIpc) is 2.46. The van der Waals surface area contributed by atoms with E-state index in [1.807, 2.05) is 0 Å². The third-order valence-corrected chi connectivity index (χ3v) is 2.19. The summed E-state index contributed by atoms with van der Waals surface area (Å²) in [7, 11) is 1.16. The molecule has 72 valence electrons. The van der Waals surface area contributed by atoms with Crippen LogP contribution in [0.2, 0.25) is 0 Å². The fraction of sp³-hybridized carbons (Fsp3) is 0.625. The Kier molecular flexibility index (Phi) is 2.65. The number of rotatable bonds is 2. The number of carboxylic acids is 1. The van der Waals surface area contributed by atoms with Crippen molar-refractivity contribution in [3.8, 4) is 0 Å². The van der Waals surface area contributed by atoms with Gasteiger partial charge in [0, 0.05) is 24.7 Å². The molecule has 5 nitrogen and oxygen atoms in total. The number of ether oxygens (including phenoxy) is 1. The number of hydrogen-bond donors (Lipinski definition) is 0. The zero-order chi connectivity index (χ0) is 10.0. The lowest BCUT2D eigenvalue weighted by molar-refractivity contribution is -0.312. The van der Waals surface area contributed by atoms with Gasteiger partial charge in [0.15, 0.2) is 0 Å². The van der Waals surface area contributed by atoms with E-state index in [0.717, 1.165) is 7.11 Å². The van der Waals surface area contributed by atoms with Gasteiger partial charge in [-0.15, -0.1) is 0 Å². The monoisotopic (exact) mass is 185 g/mol. The van der Waals surface area contributed by atoms with Crippen LogP contribution in [0.4, 0.5) is 0 Å². The second-order valence-corrected chi connectivity index (χ2v) is 3.00. The highest BCUT2D eigenvalue weighted by molar-refractivity contribution is 5.94. The van der Waals surface area contributed by atoms with E-state index < -0.39 is 23.8 Å². The molecule has 0 spiro atoms. The number of Topliss-reactive ketones (excluding diaryl/α,β-unsaturated/α-hetero) is 1. The zero-order valence-electron chi connectivity index (χ0n) is 7.11. The second kappa shape index (κ2) is 3.55. The summed E-state index contributed by atoms with van der Waals surface area (Å²) in [6.45, 7) is 0. The van der Waals surface area contributed by atoms with Gasteiger partial charge in [0.2, 0.25) is 0 Å². The van der Waals surface area contributed by atoms with Crippen LogP contribution in [0, 0.1) is 11.8 Å². The molecule has 1 aliphatic rings. The Balaban J connectivity index is 2.77. The van der Waals surface area contributed by atoms with Crippen LogP contribution in [0.1, 0.15) is 12.8 Å². The summed E-state index contributed by atoms with van der Waals surface area (Å²) >= 11 is 0. The van der Waals surface area contributed by atoms with Gasteiger partial charge in [-0.05, 0) is 0 Å². The molecule has 1 rings (SSSR count). The van der Waals surface area contributed by atoms with Crippen molar-refractivity contribution in [1.82, 2.24) is 0 Å². The fourth-order valence-corrected chi connectivity index (χ4v) is 1.50. The fourth-order valence-electron chi connectivity index (χ4n) is 1.50. The molecule has 1 fully saturated rings. The van der Waals surface area contributed by atoms with Crippen LogP contribution in [-0.4, -0.2) is 24.8 Å². The Labute approximate surface area is 74.7 Å². The Morgan fingerprint density at radius 1 is 1.38 bits per heavy atom. The highest BCUT2D eigenvalue weighted by Crippen LogP contribution is 2.29. The van der Waals surface area contributed by atoms with E-state index in [2.05, 4.69) is 4.74 Å². The lowest BCUT2D eigenvalue weighted by atomic mass is 9.97. The van der Waals surface area contributed by atoms with E-state index in [1.54, 1.807) is 0 Å². The third-order valence-electron chi connectivity index (χ3n) is 2.19. The smallest absolute Gasteiger partial charge is 0.309 e. The van der Waals surface area contributed by atoms with Gasteiger partial charge >= 0.3 is 5.97 Å². The molecular formula is C8H9O5-. The molecule has 0 aliphatic heterocycles. The van der Waals surface area contributed by atoms with Crippen molar-refractivity contribution in [2.24, 2.45) is 11.8 Å². The van der Waals surface area contributed by atoms with Crippen molar-refractivity contribution in [1.29, 1.82) is 0 Å². The first-order chi connectivity index (χ1) is 6.06. The van der Waals surface area contributed by atoms with E-state index in [0.29, 0.717) is 0 Å². The van der Waals surface area contributed by atoms with Gasteiger partial charge in [-0.25, -0.2) is 0 Å². The Morgan fingerprint density at radius 3 is 2.38 bits per heavy atom. The molecule has 0 radical (unpaired) electrons. The number of carbonyl (C=O) groups excluding carboxylic acids is 3. The molecule has 1 saturated carbocycles. The van der Waals surface area contributed by atoms with Crippen LogP contribution in [0.3, 0.4) is 0 Å². The van der Waals surface area contributed by atoms with Gasteiger partial charge in [0.25, 0.3) is 0 Å². The standard InChI is InChI=1S/C8H10O5/c1-13-8(12)6-3-4(9)2-5(6)7(10)11/h5-6H,2-3H2,1H3,(H,10,11)/p-1/t5-,6+/m1/s1. The molecular weight excluding hydrogens is 176 g/mol. The molecule has 2 atom stereocenters. The van der Waals surface area contributed by atoms with E-state index in [1.165, 1.54) is 0 Å². The first-order valence-electron chi connectivity index (χ1n) is 3.86. The molecule has 0 saturated heterocycles. The first-order valence-corrected chi connectivity index (χ1v) is 3.86. The van der Waals surface area contributed by atoms with Crippen LogP contribution in [0.15, 0.2) is 0 Å². The van der Waals surface area contributed by atoms with Crippen LogP contribution in [0.5, 0.6) is 0 Å². The van der Waals surface area contributed by atoms with Gasteiger partial charge in [-0.2, -0.15) is 0 Å². The van der Waals surface area contributed by atoms with Gasteiger partial charge in [-0.3, -0.25) is 9.59 Å². The minimum Gasteiger partial charge on any atom is -0.550 e. The topological polar surface area (TPSA) is 83.5 Å². The maximum absolute atomic E-state index is 11.0. The largest absolute Gasteiger partial charge is 0.550 e. The molecule has 5 heteroatoms. The van der Waals surface area contributed by atoms with Crippen LogP contribution >= 0.6 is 0 Å². The predicted octanol–water partition coefficient (Wildman–Crippen LogP) is -1.50. The molecule has 0 unspecified atom stereocenters. The first kappa shape index (κ1) is 9.70. The van der Waals surface area contributed by atoms with Crippen LogP contribution < -0.4 is 5.11 Å². The van der Waals surface area contributed by atoms with Crippen molar-refractivity contribution >= 4 is 17.7 Å². The lowest BCUT2D eigenvalue weighted by Crippen LogP contribution is -2.36. The molecule has 13 heavy (non-hydrogen) atoms. The van der Waals surface area contributed by atoms with Crippen LogP contribution in [0.25, 0.3) is 0 Å². The van der Waals surface area contributed by atoms with Gasteiger partial charge < -0.3 is 14.6 Å². The molecule has 0 bridgehead atoms. The number of ketones is 1.